The summed E-state index contributed by atoms with van der Waals surface area (Å²) >= 11 is 3.52. The predicted octanol–water partition coefficient (Wildman–Crippen LogP) is 3.45. The SMILES string of the molecule is CCn1c(C)c(C=O)c(Br)c1-c1ccncc1. The summed E-state index contributed by atoms with van der Waals surface area (Å²) in [6, 6.07) is 3.89. The second-order valence-electron chi connectivity index (χ2n) is 3.76. The van der Waals surface area contributed by atoms with Crippen molar-refractivity contribution in [2.75, 3.05) is 0 Å². The molecule has 0 aliphatic heterocycles. The third kappa shape index (κ3) is 1.93. The van der Waals surface area contributed by atoms with Gasteiger partial charge in [0.15, 0.2) is 6.29 Å². The lowest BCUT2D eigenvalue weighted by atomic mass is 10.2. The van der Waals surface area contributed by atoms with Gasteiger partial charge in [-0.2, -0.15) is 0 Å². The number of aromatic nitrogens is 2. The van der Waals surface area contributed by atoms with E-state index in [1.807, 2.05) is 19.1 Å². The van der Waals surface area contributed by atoms with E-state index in [4.69, 9.17) is 0 Å². The van der Waals surface area contributed by atoms with Crippen molar-refractivity contribution in [3.8, 4) is 11.3 Å². The number of nitrogens with zero attached hydrogens (tertiary/aromatic N) is 2. The molecule has 0 radical (unpaired) electrons. The largest absolute Gasteiger partial charge is 0.343 e. The Labute approximate surface area is 109 Å². The van der Waals surface area contributed by atoms with Crippen LogP contribution in [-0.2, 0) is 6.54 Å². The molecule has 2 heterocycles. The van der Waals surface area contributed by atoms with E-state index >= 15 is 0 Å². The maximum absolute atomic E-state index is 11.1. The zero-order chi connectivity index (χ0) is 12.4. The maximum atomic E-state index is 11.1. The zero-order valence-corrected chi connectivity index (χ0v) is 11.4. The smallest absolute Gasteiger partial charge is 0.153 e. The molecule has 0 N–H and O–H groups in total. The van der Waals surface area contributed by atoms with Crippen molar-refractivity contribution in [1.29, 1.82) is 0 Å². The van der Waals surface area contributed by atoms with Gasteiger partial charge in [-0.25, -0.2) is 0 Å². The molecule has 0 spiro atoms. The Morgan fingerprint density at radius 2 is 2.06 bits per heavy atom. The van der Waals surface area contributed by atoms with Crippen LogP contribution < -0.4 is 0 Å². The molecule has 0 saturated carbocycles. The van der Waals surface area contributed by atoms with Crippen LogP contribution in [0.25, 0.3) is 11.3 Å². The average molecular weight is 293 g/mol. The minimum absolute atomic E-state index is 0.721. The minimum Gasteiger partial charge on any atom is -0.343 e. The second-order valence-corrected chi connectivity index (χ2v) is 4.55. The van der Waals surface area contributed by atoms with Gasteiger partial charge in [0, 0.05) is 35.8 Å². The van der Waals surface area contributed by atoms with Gasteiger partial charge in [0.05, 0.1) is 10.2 Å². The van der Waals surface area contributed by atoms with Crippen LogP contribution in [0, 0.1) is 6.92 Å². The Bertz CT molecular complexity index is 546. The number of hydrogen-bond acceptors (Lipinski definition) is 2. The van der Waals surface area contributed by atoms with E-state index < -0.39 is 0 Å². The van der Waals surface area contributed by atoms with Gasteiger partial charge in [-0.1, -0.05) is 0 Å². The van der Waals surface area contributed by atoms with Gasteiger partial charge in [-0.15, -0.1) is 0 Å². The summed E-state index contributed by atoms with van der Waals surface area (Å²) in [5.41, 5.74) is 3.80. The van der Waals surface area contributed by atoms with Gasteiger partial charge in [-0.3, -0.25) is 9.78 Å². The van der Waals surface area contributed by atoms with E-state index in [1.54, 1.807) is 12.4 Å². The summed E-state index contributed by atoms with van der Waals surface area (Å²) in [6.45, 7) is 4.86. The molecule has 0 amide bonds. The van der Waals surface area contributed by atoms with Gasteiger partial charge in [0.25, 0.3) is 0 Å². The molecule has 0 aliphatic rings. The van der Waals surface area contributed by atoms with Gasteiger partial charge in [-0.05, 0) is 41.9 Å². The number of carbonyl (C=O) groups is 1. The minimum atomic E-state index is 0.721. The summed E-state index contributed by atoms with van der Waals surface area (Å²) < 4.78 is 2.99. The van der Waals surface area contributed by atoms with E-state index in [9.17, 15) is 4.79 Å². The van der Waals surface area contributed by atoms with E-state index in [1.165, 1.54) is 0 Å². The number of pyridine rings is 1. The predicted molar refractivity (Wildman–Crippen MR) is 71.2 cm³/mol. The molecule has 0 aromatic carbocycles. The molecule has 0 atom stereocenters. The second kappa shape index (κ2) is 4.84. The highest BCUT2D eigenvalue weighted by atomic mass is 79.9. The molecule has 2 aromatic rings. The number of rotatable bonds is 3. The maximum Gasteiger partial charge on any atom is 0.153 e. The van der Waals surface area contributed by atoms with Crippen molar-refractivity contribution in [2.24, 2.45) is 0 Å². The van der Waals surface area contributed by atoms with Crippen molar-refractivity contribution in [3.63, 3.8) is 0 Å². The standard InChI is InChI=1S/C13H13BrN2O/c1-3-16-9(2)11(8-17)12(14)13(16)10-4-6-15-7-5-10/h4-8H,3H2,1-2H3. The highest BCUT2D eigenvalue weighted by molar-refractivity contribution is 9.10. The first-order valence-electron chi connectivity index (χ1n) is 5.44. The first-order chi connectivity index (χ1) is 8.20. The Hall–Kier alpha value is -1.42. The van der Waals surface area contributed by atoms with Crippen LogP contribution in [0.2, 0.25) is 0 Å². The topological polar surface area (TPSA) is 34.9 Å². The molecule has 0 aliphatic carbocycles. The molecule has 17 heavy (non-hydrogen) atoms. The number of hydrogen-bond donors (Lipinski definition) is 0. The molecule has 0 unspecified atom stereocenters. The molecule has 2 aromatic heterocycles. The van der Waals surface area contributed by atoms with Crippen molar-refractivity contribution in [2.45, 2.75) is 20.4 Å². The number of carbonyl (C=O) groups excluding carboxylic acids is 1. The van der Waals surface area contributed by atoms with Crippen molar-refractivity contribution in [3.05, 3.63) is 40.3 Å². The Morgan fingerprint density at radius 3 is 2.59 bits per heavy atom. The number of aldehydes is 1. The lowest BCUT2D eigenvalue weighted by Gasteiger charge is -2.09. The fraction of sp³-hybridized carbons (Fsp3) is 0.231. The van der Waals surface area contributed by atoms with Crippen LogP contribution in [-0.4, -0.2) is 15.8 Å². The summed E-state index contributed by atoms with van der Waals surface area (Å²) in [4.78, 5) is 15.1. The van der Waals surface area contributed by atoms with Crippen LogP contribution in [0.1, 0.15) is 23.0 Å². The Balaban J connectivity index is 2.73. The summed E-state index contributed by atoms with van der Waals surface area (Å²) in [6.07, 6.45) is 4.41. The Morgan fingerprint density at radius 1 is 1.41 bits per heavy atom. The molecule has 0 saturated heterocycles. The van der Waals surface area contributed by atoms with Crippen molar-refractivity contribution >= 4 is 22.2 Å². The molecule has 2 rings (SSSR count). The molecule has 3 nitrogen and oxygen atoms in total. The van der Waals surface area contributed by atoms with Gasteiger partial charge < -0.3 is 4.57 Å². The normalized spacial score (nSPS) is 10.5. The lowest BCUT2D eigenvalue weighted by molar-refractivity contribution is 0.112. The third-order valence-electron chi connectivity index (χ3n) is 2.90. The van der Waals surface area contributed by atoms with E-state index in [0.717, 1.165) is 39.8 Å². The molecule has 0 fully saturated rings. The van der Waals surface area contributed by atoms with Crippen molar-refractivity contribution < 1.29 is 4.79 Å². The summed E-state index contributed by atoms with van der Waals surface area (Å²) in [7, 11) is 0. The van der Waals surface area contributed by atoms with E-state index in [0.29, 0.717) is 0 Å². The molecular weight excluding hydrogens is 280 g/mol. The molecule has 0 bridgehead atoms. The van der Waals surface area contributed by atoms with E-state index in [2.05, 4.69) is 32.4 Å². The highest BCUT2D eigenvalue weighted by Crippen LogP contribution is 2.34. The van der Waals surface area contributed by atoms with Crippen LogP contribution >= 0.6 is 15.9 Å². The van der Waals surface area contributed by atoms with Crippen LogP contribution in [0.3, 0.4) is 0 Å². The summed E-state index contributed by atoms with van der Waals surface area (Å²) in [5, 5.41) is 0. The monoisotopic (exact) mass is 292 g/mol. The fourth-order valence-corrected chi connectivity index (χ4v) is 2.87. The van der Waals surface area contributed by atoms with E-state index in [-0.39, 0.29) is 0 Å². The van der Waals surface area contributed by atoms with Gasteiger partial charge in [0.2, 0.25) is 0 Å². The third-order valence-corrected chi connectivity index (χ3v) is 3.70. The molecular formula is C13H13BrN2O. The fourth-order valence-electron chi connectivity index (χ4n) is 2.04. The first-order valence-corrected chi connectivity index (χ1v) is 6.24. The molecule has 88 valence electrons. The quantitative estimate of drug-likeness (QED) is 0.812. The molecule has 4 heteroatoms. The van der Waals surface area contributed by atoms with Crippen LogP contribution in [0.4, 0.5) is 0 Å². The van der Waals surface area contributed by atoms with Gasteiger partial charge >= 0.3 is 0 Å². The Kier molecular flexibility index (Phi) is 3.43. The first kappa shape index (κ1) is 12.0. The van der Waals surface area contributed by atoms with Crippen LogP contribution in [0.15, 0.2) is 29.0 Å². The number of halogens is 1. The van der Waals surface area contributed by atoms with Gasteiger partial charge in [0.1, 0.15) is 0 Å². The highest BCUT2D eigenvalue weighted by Gasteiger charge is 2.18. The van der Waals surface area contributed by atoms with Crippen molar-refractivity contribution in [1.82, 2.24) is 9.55 Å². The summed E-state index contributed by atoms with van der Waals surface area (Å²) in [5.74, 6) is 0. The van der Waals surface area contributed by atoms with Crippen LogP contribution in [0.5, 0.6) is 0 Å². The lowest BCUT2D eigenvalue weighted by Crippen LogP contribution is -1.99. The zero-order valence-electron chi connectivity index (χ0n) is 9.77. The average Bonchev–Trinajstić information content (AvgIpc) is 2.61.